The summed E-state index contributed by atoms with van der Waals surface area (Å²) < 4.78 is 47.3. The van der Waals surface area contributed by atoms with Crippen LogP contribution in [0.2, 0.25) is 0 Å². The van der Waals surface area contributed by atoms with Gasteiger partial charge >= 0.3 is 12.4 Å². The summed E-state index contributed by atoms with van der Waals surface area (Å²) in [5, 5.41) is 2.74. The molecule has 2 aromatic rings. The van der Waals surface area contributed by atoms with Gasteiger partial charge in [-0.3, -0.25) is 9.78 Å². The molecule has 2 aliphatic heterocycles. The Bertz CT molecular complexity index is 1060. The number of carbonyl (C=O) groups is 2. The van der Waals surface area contributed by atoms with Crippen LogP contribution in [0, 0.1) is 0 Å². The molecule has 2 saturated heterocycles. The lowest BCUT2D eigenvalue weighted by Gasteiger charge is -2.34. The maximum absolute atomic E-state index is 13.6. The Labute approximate surface area is 194 Å². The number of halogens is 3. The van der Waals surface area contributed by atoms with Crippen molar-refractivity contribution in [3.8, 4) is 5.75 Å². The fourth-order valence-electron chi connectivity index (χ4n) is 4.44. The highest BCUT2D eigenvalue weighted by atomic mass is 19.4. The molecule has 2 atom stereocenters. The van der Waals surface area contributed by atoms with E-state index < -0.39 is 35.7 Å². The van der Waals surface area contributed by atoms with Crippen LogP contribution in [0.15, 0.2) is 42.7 Å². The molecule has 0 aliphatic carbocycles. The molecule has 3 heterocycles. The molecule has 0 bridgehead atoms. The lowest BCUT2D eigenvalue weighted by Crippen LogP contribution is -2.50. The predicted octanol–water partition coefficient (Wildman–Crippen LogP) is 4.17. The van der Waals surface area contributed by atoms with Gasteiger partial charge in [0.05, 0.1) is 17.6 Å². The number of nitrogens with zero attached hydrogens (tertiary/aromatic N) is 3. The third-order valence-electron chi connectivity index (χ3n) is 5.97. The number of carbonyl (C=O) groups excluding carboxylic acids is 2. The number of pyridine rings is 1. The molecule has 11 heteroatoms. The number of hydrogen-bond acceptors (Lipinski definition) is 6. The molecule has 1 aromatic heterocycles. The van der Waals surface area contributed by atoms with E-state index >= 15 is 0 Å². The van der Waals surface area contributed by atoms with E-state index in [2.05, 4.69) is 19.9 Å². The monoisotopic (exact) mass is 478 g/mol. The first-order valence-electron chi connectivity index (χ1n) is 11.0. The summed E-state index contributed by atoms with van der Waals surface area (Å²) in [4.78, 5) is 33.8. The average molecular weight is 478 g/mol. The highest BCUT2D eigenvalue weighted by Crippen LogP contribution is 2.41. The van der Waals surface area contributed by atoms with Gasteiger partial charge in [-0.25, -0.2) is 9.69 Å². The van der Waals surface area contributed by atoms with E-state index in [-0.39, 0.29) is 12.3 Å². The molecule has 0 radical (unpaired) electrons. The number of nitrogens with one attached hydrogen (secondary N) is 1. The number of urea groups is 1. The summed E-state index contributed by atoms with van der Waals surface area (Å²) in [6, 6.07) is 5.63. The van der Waals surface area contributed by atoms with Gasteiger partial charge in [0.2, 0.25) is 0 Å². The molecule has 1 aromatic carbocycles. The molecule has 0 saturated carbocycles. The zero-order valence-electron chi connectivity index (χ0n) is 18.8. The van der Waals surface area contributed by atoms with Crippen molar-refractivity contribution >= 4 is 23.3 Å². The van der Waals surface area contributed by atoms with Crippen LogP contribution < -0.4 is 19.9 Å². The number of ether oxygens (including phenoxy) is 2. The summed E-state index contributed by atoms with van der Waals surface area (Å²) in [5.74, 6) is -1.03. The minimum atomic E-state index is -4.84. The Balaban J connectivity index is 1.66. The highest BCUT2D eigenvalue weighted by Gasteiger charge is 2.55. The summed E-state index contributed by atoms with van der Waals surface area (Å²) in [7, 11) is 0. The summed E-state index contributed by atoms with van der Waals surface area (Å²) in [6.07, 6.45) is -0.226. The number of benzene rings is 1. The van der Waals surface area contributed by atoms with Crippen molar-refractivity contribution in [3.05, 3.63) is 48.3 Å². The van der Waals surface area contributed by atoms with Crippen molar-refractivity contribution in [2.45, 2.75) is 44.7 Å². The summed E-state index contributed by atoms with van der Waals surface area (Å²) >= 11 is 0. The minimum absolute atomic E-state index is 0.116. The summed E-state index contributed by atoms with van der Waals surface area (Å²) in [6.45, 7) is 5.38. The van der Waals surface area contributed by atoms with Gasteiger partial charge in [0.25, 0.3) is 5.91 Å². The first-order valence-corrected chi connectivity index (χ1v) is 11.0. The first kappa shape index (κ1) is 23.8. The van der Waals surface area contributed by atoms with Gasteiger partial charge in [-0.1, -0.05) is 0 Å². The van der Waals surface area contributed by atoms with Crippen molar-refractivity contribution in [1.29, 1.82) is 0 Å². The predicted molar refractivity (Wildman–Crippen MR) is 118 cm³/mol. The van der Waals surface area contributed by atoms with Gasteiger partial charge in [-0.05, 0) is 57.0 Å². The maximum atomic E-state index is 13.6. The van der Waals surface area contributed by atoms with Crippen molar-refractivity contribution < 1.29 is 32.2 Å². The van der Waals surface area contributed by atoms with Crippen molar-refractivity contribution in [1.82, 2.24) is 10.3 Å². The SMILES string of the molecule is CCOC(c1ccncc1N1CCCC1)C1(C)NC(=O)N(c2ccc(OC(F)(F)F)cc2)C1=O. The van der Waals surface area contributed by atoms with Crippen molar-refractivity contribution in [3.63, 3.8) is 0 Å². The van der Waals surface area contributed by atoms with Gasteiger partial charge in [-0.15, -0.1) is 13.2 Å². The van der Waals surface area contributed by atoms with Gasteiger partial charge in [0.15, 0.2) is 0 Å². The van der Waals surface area contributed by atoms with Gasteiger partial charge in [0.1, 0.15) is 17.4 Å². The van der Waals surface area contributed by atoms with Crippen LogP contribution in [-0.2, 0) is 9.53 Å². The Morgan fingerprint density at radius 1 is 1.15 bits per heavy atom. The van der Waals surface area contributed by atoms with Crippen LogP contribution >= 0.6 is 0 Å². The second-order valence-electron chi connectivity index (χ2n) is 8.28. The second kappa shape index (κ2) is 9.13. The van der Waals surface area contributed by atoms with Crippen LogP contribution in [0.3, 0.4) is 0 Å². The standard InChI is InChI=1S/C23H25F3N4O4/c1-3-33-19(17-10-11-27-14-18(17)29-12-4-5-13-29)22(2)20(31)30(21(32)28-22)15-6-8-16(9-7-15)34-23(24,25)26/h6-11,14,19H,3-5,12-13H2,1-2H3,(H,28,32). The van der Waals surface area contributed by atoms with Gasteiger partial charge < -0.3 is 19.7 Å². The van der Waals surface area contributed by atoms with Crippen molar-refractivity contribution in [2.75, 3.05) is 29.5 Å². The minimum Gasteiger partial charge on any atom is -0.406 e. The topological polar surface area (TPSA) is 84.0 Å². The normalized spacial score (nSPS) is 21.7. The van der Waals surface area contributed by atoms with Crippen LogP contribution in [0.5, 0.6) is 5.75 Å². The lowest BCUT2D eigenvalue weighted by molar-refractivity contribution is -0.274. The van der Waals surface area contributed by atoms with Crippen LogP contribution in [0.25, 0.3) is 0 Å². The molecule has 2 fully saturated rings. The molecule has 0 spiro atoms. The fourth-order valence-corrected chi connectivity index (χ4v) is 4.44. The zero-order chi connectivity index (χ0) is 24.5. The van der Waals surface area contributed by atoms with Crippen LogP contribution in [0.4, 0.5) is 29.3 Å². The van der Waals surface area contributed by atoms with E-state index in [9.17, 15) is 22.8 Å². The maximum Gasteiger partial charge on any atom is 0.573 e. The number of imide groups is 1. The Hall–Kier alpha value is -3.34. The van der Waals surface area contributed by atoms with E-state index in [1.807, 2.05) is 0 Å². The third kappa shape index (κ3) is 4.52. The number of alkyl halides is 3. The lowest BCUT2D eigenvalue weighted by atomic mass is 9.88. The largest absolute Gasteiger partial charge is 0.573 e. The molecule has 2 aliphatic rings. The molecular formula is C23H25F3N4O4. The molecule has 8 nitrogen and oxygen atoms in total. The van der Waals surface area contributed by atoms with E-state index in [4.69, 9.17) is 4.74 Å². The first-order chi connectivity index (χ1) is 16.1. The van der Waals surface area contributed by atoms with Crippen molar-refractivity contribution in [2.24, 2.45) is 0 Å². The quantitative estimate of drug-likeness (QED) is 0.602. The Kier molecular flexibility index (Phi) is 6.39. The Morgan fingerprint density at radius 2 is 1.82 bits per heavy atom. The molecule has 1 N–H and O–H groups in total. The second-order valence-corrected chi connectivity index (χ2v) is 8.28. The molecule has 3 amide bonds. The fraction of sp³-hybridized carbons (Fsp3) is 0.435. The van der Waals surface area contributed by atoms with Gasteiger partial charge in [0, 0.05) is 31.5 Å². The summed E-state index contributed by atoms with van der Waals surface area (Å²) in [5.41, 5.74) is 0.231. The van der Waals surface area contributed by atoms with E-state index in [1.165, 1.54) is 12.1 Å². The number of amides is 3. The number of anilines is 2. The van der Waals surface area contributed by atoms with Gasteiger partial charge in [-0.2, -0.15) is 0 Å². The Morgan fingerprint density at radius 3 is 2.44 bits per heavy atom. The average Bonchev–Trinajstić information content (AvgIpc) is 3.39. The van der Waals surface area contributed by atoms with E-state index in [0.717, 1.165) is 54.2 Å². The molecular weight excluding hydrogens is 453 g/mol. The molecule has 182 valence electrons. The molecule has 34 heavy (non-hydrogen) atoms. The van der Waals surface area contributed by atoms with Crippen LogP contribution in [0.1, 0.15) is 38.4 Å². The third-order valence-corrected chi connectivity index (χ3v) is 5.97. The van der Waals surface area contributed by atoms with E-state index in [0.29, 0.717) is 0 Å². The van der Waals surface area contributed by atoms with E-state index in [1.54, 1.807) is 32.3 Å². The zero-order valence-corrected chi connectivity index (χ0v) is 18.8. The highest BCUT2D eigenvalue weighted by molar-refractivity contribution is 6.23. The molecule has 4 rings (SSSR count). The number of hydrogen-bond donors (Lipinski definition) is 1. The number of aromatic nitrogens is 1. The van der Waals surface area contributed by atoms with Crippen LogP contribution in [-0.4, -0.2) is 48.5 Å². The smallest absolute Gasteiger partial charge is 0.406 e. The molecule has 2 unspecified atom stereocenters. The number of rotatable bonds is 7.